The lowest BCUT2D eigenvalue weighted by Gasteiger charge is -2.34. The number of benzene rings is 2. The van der Waals surface area contributed by atoms with Crippen LogP contribution >= 0.6 is 0 Å². The number of nitrogens with zero attached hydrogens (tertiary/aromatic N) is 8. The van der Waals surface area contributed by atoms with Crippen LogP contribution in [0.15, 0.2) is 65.7 Å². The van der Waals surface area contributed by atoms with Gasteiger partial charge in [-0.25, -0.2) is 12.9 Å². The minimum Gasteiger partial charge on any atom is -0.369 e. The fourth-order valence-electron chi connectivity index (χ4n) is 5.08. The number of fused-ring (bicyclic) bond motifs is 2. The first kappa shape index (κ1) is 27.2. The van der Waals surface area contributed by atoms with Crippen molar-refractivity contribution in [2.75, 3.05) is 70.3 Å². The van der Waals surface area contributed by atoms with Crippen molar-refractivity contribution in [2.45, 2.75) is 11.4 Å². The molecule has 41 heavy (non-hydrogen) atoms. The number of piperazine rings is 1. The summed E-state index contributed by atoms with van der Waals surface area (Å²) in [5.41, 5.74) is 5.03. The van der Waals surface area contributed by atoms with Gasteiger partial charge in [0.1, 0.15) is 0 Å². The third kappa shape index (κ3) is 5.90. The predicted octanol–water partition coefficient (Wildman–Crippen LogP) is 3.21. The van der Waals surface area contributed by atoms with Gasteiger partial charge in [-0.3, -0.25) is 4.68 Å². The Kier molecular flexibility index (Phi) is 7.14. The first-order chi connectivity index (χ1) is 19.6. The van der Waals surface area contributed by atoms with E-state index < -0.39 is 9.84 Å². The molecule has 1 aliphatic heterocycles. The molecule has 0 atom stereocenters. The van der Waals surface area contributed by atoms with Crippen molar-refractivity contribution >= 4 is 43.7 Å². The quantitative estimate of drug-likeness (QED) is 0.300. The molecule has 2 aromatic carbocycles. The van der Waals surface area contributed by atoms with Crippen LogP contribution in [0.5, 0.6) is 0 Å². The van der Waals surface area contributed by atoms with Gasteiger partial charge in [-0.05, 0) is 63.6 Å². The largest absolute Gasteiger partial charge is 0.369 e. The van der Waals surface area contributed by atoms with E-state index in [1.54, 1.807) is 12.1 Å². The highest BCUT2D eigenvalue weighted by atomic mass is 32.2. The van der Waals surface area contributed by atoms with Gasteiger partial charge in [0.2, 0.25) is 5.95 Å². The third-order valence-electron chi connectivity index (χ3n) is 7.43. The summed E-state index contributed by atoms with van der Waals surface area (Å²) in [5.74, 6) is 0.394. The molecule has 0 amide bonds. The summed E-state index contributed by atoms with van der Waals surface area (Å²) < 4.78 is 28.8. The fourth-order valence-corrected chi connectivity index (χ4v) is 5.75. The van der Waals surface area contributed by atoms with Gasteiger partial charge in [0, 0.05) is 67.5 Å². The summed E-state index contributed by atoms with van der Waals surface area (Å²) in [5, 5.41) is 13.8. The second kappa shape index (κ2) is 10.8. The Balaban J connectivity index is 1.32. The zero-order chi connectivity index (χ0) is 28.7. The van der Waals surface area contributed by atoms with Crippen molar-refractivity contribution in [1.29, 1.82) is 0 Å². The van der Waals surface area contributed by atoms with E-state index >= 15 is 0 Å². The van der Waals surface area contributed by atoms with E-state index in [0.29, 0.717) is 17.3 Å². The smallest absolute Gasteiger partial charge is 0.247 e. The lowest BCUT2D eigenvalue weighted by molar-refractivity contribution is 0.313. The number of likely N-dealkylation sites (N-methyl/N-ethyl adjacent to an activating group) is 2. The molecule has 5 aromatic rings. The van der Waals surface area contributed by atoms with Crippen LogP contribution < -0.4 is 10.2 Å². The molecular weight excluding hydrogens is 538 g/mol. The maximum atomic E-state index is 12.5. The molecular formula is C29H35N9O2S. The van der Waals surface area contributed by atoms with E-state index in [4.69, 9.17) is 15.2 Å². The Hall–Kier alpha value is -4.00. The first-order valence-corrected chi connectivity index (χ1v) is 15.6. The zero-order valence-corrected chi connectivity index (χ0v) is 24.6. The molecule has 0 bridgehead atoms. The van der Waals surface area contributed by atoms with E-state index in [9.17, 15) is 8.42 Å². The number of sulfone groups is 1. The molecule has 12 heteroatoms. The van der Waals surface area contributed by atoms with Gasteiger partial charge in [-0.15, -0.1) is 5.10 Å². The highest BCUT2D eigenvalue weighted by molar-refractivity contribution is 7.90. The molecule has 1 aliphatic rings. The van der Waals surface area contributed by atoms with Crippen LogP contribution in [0, 0.1) is 0 Å². The van der Waals surface area contributed by atoms with Gasteiger partial charge < -0.3 is 20.0 Å². The molecule has 6 rings (SSSR count). The summed E-state index contributed by atoms with van der Waals surface area (Å²) in [7, 11) is 2.79. The van der Waals surface area contributed by atoms with Gasteiger partial charge in [-0.2, -0.15) is 10.1 Å². The predicted molar refractivity (Wildman–Crippen MR) is 163 cm³/mol. The Morgan fingerprint density at radius 1 is 0.976 bits per heavy atom. The molecule has 3 aromatic heterocycles. The van der Waals surface area contributed by atoms with Crippen molar-refractivity contribution in [3.8, 4) is 11.3 Å². The van der Waals surface area contributed by atoms with Crippen molar-refractivity contribution < 1.29 is 8.42 Å². The SMILES string of the molecule is CN(C)CCn1cc2cc(-c3cccc4nc(Nc5cc(N6CCN(C)CC6)cc(S(C)(=O)=O)c5)nn34)ccc2n1. The molecule has 0 saturated carbocycles. The van der Waals surface area contributed by atoms with Crippen molar-refractivity contribution in [1.82, 2.24) is 34.2 Å². The first-order valence-electron chi connectivity index (χ1n) is 13.7. The maximum Gasteiger partial charge on any atom is 0.247 e. The number of aromatic nitrogens is 5. The van der Waals surface area contributed by atoms with Crippen molar-refractivity contribution in [3.63, 3.8) is 0 Å². The Morgan fingerprint density at radius 3 is 2.54 bits per heavy atom. The summed E-state index contributed by atoms with van der Waals surface area (Å²) >= 11 is 0. The Morgan fingerprint density at radius 2 is 1.78 bits per heavy atom. The molecule has 1 N–H and O–H groups in total. The molecule has 11 nitrogen and oxygen atoms in total. The lowest BCUT2D eigenvalue weighted by Crippen LogP contribution is -2.44. The van der Waals surface area contributed by atoms with Gasteiger partial charge in [0.05, 0.1) is 22.7 Å². The van der Waals surface area contributed by atoms with Gasteiger partial charge in [0.15, 0.2) is 15.5 Å². The van der Waals surface area contributed by atoms with Crippen molar-refractivity contribution in [2.24, 2.45) is 0 Å². The molecule has 0 radical (unpaired) electrons. The van der Waals surface area contributed by atoms with Crippen LogP contribution in [-0.4, -0.2) is 103 Å². The molecule has 1 saturated heterocycles. The second-order valence-electron chi connectivity index (χ2n) is 11.0. The van der Waals surface area contributed by atoms with Crippen LogP contribution in [0.25, 0.3) is 27.8 Å². The minimum atomic E-state index is -3.41. The third-order valence-corrected chi connectivity index (χ3v) is 8.52. The van der Waals surface area contributed by atoms with E-state index in [1.807, 2.05) is 45.6 Å². The summed E-state index contributed by atoms with van der Waals surface area (Å²) in [6.45, 7) is 5.24. The molecule has 1 fully saturated rings. The highest BCUT2D eigenvalue weighted by Crippen LogP contribution is 2.29. The van der Waals surface area contributed by atoms with E-state index in [1.165, 1.54) is 6.26 Å². The van der Waals surface area contributed by atoms with Gasteiger partial charge in [0.25, 0.3) is 0 Å². The number of anilines is 3. The van der Waals surface area contributed by atoms with Crippen LogP contribution in [0.2, 0.25) is 0 Å². The van der Waals surface area contributed by atoms with Crippen LogP contribution in [0.1, 0.15) is 0 Å². The molecule has 214 valence electrons. The summed E-state index contributed by atoms with van der Waals surface area (Å²) in [4.78, 5) is 11.6. The van der Waals surface area contributed by atoms with Crippen molar-refractivity contribution in [3.05, 3.63) is 60.8 Å². The molecule has 0 aliphatic carbocycles. The average Bonchev–Trinajstić information content (AvgIpc) is 3.54. The maximum absolute atomic E-state index is 12.5. The second-order valence-corrected chi connectivity index (χ2v) is 13.0. The van der Waals surface area contributed by atoms with E-state index in [0.717, 1.165) is 67.1 Å². The fraction of sp³-hybridized carbons (Fsp3) is 0.345. The number of pyridine rings is 1. The van der Waals surface area contributed by atoms with Crippen LogP contribution in [0.4, 0.5) is 17.3 Å². The summed E-state index contributed by atoms with van der Waals surface area (Å²) in [6.07, 6.45) is 3.31. The van der Waals surface area contributed by atoms with Crippen LogP contribution in [-0.2, 0) is 16.4 Å². The van der Waals surface area contributed by atoms with Crippen LogP contribution in [0.3, 0.4) is 0 Å². The average molecular weight is 574 g/mol. The van der Waals surface area contributed by atoms with Gasteiger partial charge in [-0.1, -0.05) is 12.1 Å². The molecule has 4 heterocycles. The number of hydrogen-bond acceptors (Lipinski definition) is 9. The Labute approximate surface area is 239 Å². The normalized spacial score (nSPS) is 14.9. The standard InChI is InChI=1S/C29H35N9O2S/c1-34(2)10-15-37-20-22-16-21(8-9-26(22)32-37)27-6-5-7-28-31-29(33-38(27)28)30-23-17-24(19-25(18-23)41(4,39)40)36-13-11-35(3)12-14-36/h5-9,16-20H,10-15H2,1-4H3,(H,30,33). The van der Waals surface area contributed by atoms with Gasteiger partial charge >= 0.3 is 0 Å². The number of nitrogens with one attached hydrogen (secondary N) is 1. The molecule has 0 unspecified atom stereocenters. The van der Waals surface area contributed by atoms with E-state index in [-0.39, 0.29) is 4.90 Å². The number of hydrogen-bond donors (Lipinski definition) is 1. The zero-order valence-electron chi connectivity index (χ0n) is 23.8. The summed E-state index contributed by atoms with van der Waals surface area (Å²) in [6, 6.07) is 17.4. The Bertz CT molecular complexity index is 1820. The lowest BCUT2D eigenvalue weighted by atomic mass is 10.1. The molecule has 0 spiro atoms. The van der Waals surface area contributed by atoms with E-state index in [2.05, 4.69) is 53.4 Å². The monoisotopic (exact) mass is 573 g/mol. The number of rotatable bonds is 8. The minimum absolute atomic E-state index is 0.264. The highest BCUT2D eigenvalue weighted by Gasteiger charge is 2.19. The topological polar surface area (TPSA) is 104 Å².